The van der Waals surface area contributed by atoms with Gasteiger partial charge in [0.25, 0.3) is 5.91 Å². The first-order chi connectivity index (χ1) is 16.2. The van der Waals surface area contributed by atoms with E-state index < -0.39 is 0 Å². The maximum atomic E-state index is 12.9. The highest BCUT2D eigenvalue weighted by Crippen LogP contribution is 2.31. The van der Waals surface area contributed by atoms with Gasteiger partial charge in [-0.3, -0.25) is 9.69 Å². The van der Waals surface area contributed by atoms with E-state index in [1.807, 2.05) is 36.4 Å². The maximum absolute atomic E-state index is 12.9. The maximum Gasteiger partial charge on any atom is 0.251 e. The molecule has 5 rings (SSSR count). The first-order valence-corrected chi connectivity index (χ1v) is 12.0. The second-order valence-corrected chi connectivity index (χ2v) is 9.33. The number of pyridine rings is 1. The van der Waals surface area contributed by atoms with Crippen molar-refractivity contribution in [2.24, 2.45) is 0 Å². The minimum Gasteiger partial charge on any atom is -0.481 e. The summed E-state index contributed by atoms with van der Waals surface area (Å²) in [6.45, 7) is 2.95. The molecule has 0 unspecified atom stereocenters. The Hall–Kier alpha value is -3.29. The molecule has 2 aromatic heterocycles. The standard InChI is InChI=1S/C26H26N4O2S/c1-32-24-10-8-20(16-27-24)26-29-22-9-7-19(15-23(22)33-26)25(31)28-21-11-13-30(14-12-21)17-18-5-3-2-4-6-18/h2-10,15-16,21H,11-14,17H2,1H3,(H,28,31). The molecule has 0 atom stereocenters. The second kappa shape index (κ2) is 9.68. The Balaban J connectivity index is 1.21. The minimum atomic E-state index is -0.0144. The molecule has 2 aromatic carbocycles. The molecule has 1 aliphatic rings. The lowest BCUT2D eigenvalue weighted by atomic mass is 10.0. The van der Waals surface area contributed by atoms with E-state index >= 15 is 0 Å². The van der Waals surface area contributed by atoms with E-state index in [0.717, 1.165) is 53.3 Å². The Kier molecular flexibility index (Phi) is 6.32. The van der Waals surface area contributed by atoms with E-state index in [2.05, 4.69) is 39.5 Å². The summed E-state index contributed by atoms with van der Waals surface area (Å²) < 4.78 is 6.12. The molecule has 6 nitrogen and oxygen atoms in total. The lowest BCUT2D eigenvalue weighted by Gasteiger charge is -2.32. The van der Waals surface area contributed by atoms with E-state index in [9.17, 15) is 4.79 Å². The summed E-state index contributed by atoms with van der Waals surface area (Å²) >= 11 is 1.56. The number of aromatic nitrogens is 2. The van der Waals surface area contributed by atoms with E-state index in [1.165, 1.54) is 5.56 Å². The van der Waals surface area contributed by atoms with Crippen LogP contribution in [0.15, 0.2) is 66.9 Å². The van der Waals surface area contributed by atoms with Crippen LogP contribution in [-0.4, -0.2) is 47.0 Å². The quantitative estimate of drug-likeness (QED) is 0.451. The molecule has 0 aliphatic carbocycles. The number of carbonyl (C=O) groups excluding carboxylic acids is 1. The summed E-state index contributed by atoms with van der Waals surface area (Å²) in [7, 11) is 1.60. The Morgan fingerprint density at radius 1 is 1.12 bits per heavy atom. The number of methoxy groups -OCH3 is 1. The molecular formula is C26H26N4O2S. The van der Waals surface area contributed by atoms with Crippen molar-refractivity contribution in [3.8, 4) is 16.5 Å². The zero-order chi connectivity index (χ0) is 22.6. The normalized spacial score (nSPS) is 14.9. The fourth-order valence-electron chi connectivity index (χ4n) is 4.16. The fourth-order valence-corrected chi connectivity index (χ4v) is 5.16. The van der Waals surface area contributed by atoms with Crippen LogP contribution in [0.4, 0.5) is 0 Å². The number of rotatable bonds is 6. The van der Waals surface area contributed by atoms with Crippen molar-refractivity contribution >= 4 is 27.5 Å². The smallest absolute Gasteiger partial charge is 0.251 e. The molecule has 4 aromatic rings. The van der Waals surface area contributed by atoms with Gasteiger partial charge in [-0.05, 0) is 42.7 Å². The highest BCUT2D eigenvalue weighted by molar-refractivity contribution is 7.21. The first kappa shape index (κ1) is 21.6. The molecule has 3 heterocycles. The van der Waals surface area contributed by atoms with Gasteiger partial charge >= 0.3 is 0 Å². The van der Waals surface area contributed by atoms with Crippen molar-refractivity contribution in [3.63, 3.8) is 0 Å². The van der Waals surface area contributed by atoms with Gasteiger partial charge in [-0.1, -0.05) is 30.3 Å². The highest BCUT2D eigenvalue weighted by Gasteiger charge is 2.21. The van der Waals surface area contributed by atoms with E-state index in [-0.39, 0.29) is 11.9 Å². The fraction of sp³-hybridized carbons (Fsp3) is 0.269. The predicted octanol–water partition coefficient (Wildman–Crippen LogP) is 4.76. The van der Waals surface area contributed by atoms with E-state index in [0.29, 0.717) is 11.4 Å². The highest BCUT2D eigenvalue weighted by atomic mass is 32.1. The number of hydrogen-bond acceptors (Lipinski definition) is 6. The molecule has 0 bridgehead atoms. The minimum absolute atomic E-state index is 0.0144. The molecule has 0 saturated carbocycles. The van der Waals surface area contributed by atoms with Gasteiger partial charge < -0.3 is 10.1 Å². The Labute approximate surface area is 197 Å². The number of amides is 1. The van der Waals surface area contributed by atoms with Crippen LogP contribution in [0.2, 0.25) is 0 Å². The number of likely N-dealkylation sites (tertiary alicyclic amines) is 1. The first-order valence-electron chi connectivity index (χ1n) is 11.2. The average Bonchev–Trinajstić information content (AvgIpc) is 3.29. The average molecular weight is 459 g/mol. The van der Waals surface area contributed by atoms with Gasteiger partial charge in [0.15, 0.2) is 0 Å². The molecule has 168 valence electrons. The Morgan fingerprint density at radius 3 is 2.67 bits per heavy atom. The van der Waals surface area contributed by atoms with Crippen molar-refractivity contribution < 1.29 is 9.53 Å². The molecule has 1 aliphatic heterocycles. The number of ether oxygens (including phenoxy) is 1. The van der Waals surface area contributed by atoms with Crippen LogP contribution in [0, 0.1) is 0 Å². The molecule has 33 heavy (non-hydrogen) atoms. The van der Waals surface area contributed by atoms with Crippen LogP contribution < -0.4 is 10.1 Å². The Bertz CT molecular complexity index is 1230. The van der Waals surface area contributed by atoms with Gasteiger partial charge in [-0.15, -0.1) is 11.3 Å². The van der Waals surface area contributed by atoms with Gasteiger partial charge in [0.05, 0.1) is 17.3 Å². The van der Waals surface area contributed by atoms with E-state index in [4.69, 9.17) is 9.72 Å². The summed E-state index contributed by atoms with van der Waals surface area (Å²) in [4.78, 5) is 24.3. The van der Waals surface area contributed by atoms with Crippen molar-refractivity contribution in [3.05, 3.63) is 78.0 Å². The van der Waals surface area contributed by atoms with Crippen LogP contribution in [0.1, 0.15) is 28.8 Å². The molecule has 7 heteroatoms. The van der Waals surface area contributed by atoms with Gasteiger partial charge in [0, 0.05) is 49.1 Å². The Morgan fingerprint density at radius 2 is 1.94 bits per heavy atom. The molecule has 1 fully saturated rings. The van der Waals surface area contributed by atoms with Crippen molar-refractivity contribution in [1.82, 2.24) is 20.2 Å². The monoisotopic (exact) mass is 458 g/mol. The zero-order valence-corrected chi connectivity index (χ0v) is 19.3. The van der Waals surface area contributed by atoms with Crippen molar-refractivity contribution in [2.45, 2.75) is 25.4 Å². The third-order valence-electron chi connectivity index (χ3n) is 6.01. The van der Waals surface area contributed by atoms with Gasteiger partial charge in [0.2, 0.25) is 5.88 Å². The summed E-state index contributed by atoms with van der Waals surface area (Å²) in [5, 5.41) is 4.11. The molecule has 1 saturated heterocycles. The number of nitrogens with zero attached hydrogens (tertiary/aromatic N) is 3. The summed E-state index contributed by atoms with van der Waals surface area (Å²) in [6.07, 6.45) is 3.69. The SMILES string of the molecule is COc1ccc(-c2nc3ccc(C(=O)NC4CCN(Cc5ccccc5)CC4)cc3s2)cn1. The summed E-state index contributed by atoms with van der Waals surface area (Å²) in [5.41, 5.74) is 3.83. The van der Waals surface area contributed by atoms with Gasteiger partial charge in [-0.25, -0.2) is 9.97 Å². The third kappa shape index (κ3) is 5.05. The summed E-state index contributed by atoms with van der Waals surface area (Å²) in [5.74, 6) is 0.559. The number of fused-ring (bicyclic) bond motifs is 1. The van der Waals surface area contributed by atoms with Gasteiger partial charge in [0.1, 0.15) is 5.01 Å². The van der Waals surface area contributed by atoms with Gasteiger partial charge in [-0.2, -0.15) is 0 Å². The molecule has 1 amide bonds. The van der Waals surface area contributed by atoms with Crippen LogP contribution in [0.5, 0.6) is 5.88 Å². The second-order valence-electron chi connectivity index (χ2n) is 8.30. The van der Waals surface area contributed by atoms with Crippen LogP contribution in [0.3, 0.4) is 0 Å². The predicted molar refractivity (Wildman–Crippen MR) is 132 cm³/mol. The third-order valence-corrected chi connectivity index (χ3v) is 7.08. The number of piperidine rings is 1. The summed E-state index contributed by atoms with van der Waals surface area (Å²) in [6, 6.07) is 20.2. The molecule has 1 N–H and O–H groups in total. The lowest BCUT2D eigenvalue weighted by Crippen LogP contribution is -2.44. The van der Waals surface area contributed by atoms with Crippen molar-refractivity contribution in [1.29, 1.82) is 0 Å². The number of hydrogen-bond donors (Lipinski definition) is 1. The van der Waals surface area contributed by atoms with E-state index in [1.54, 1.807) is 24.6 Å². The molecular weight excluding hydrogens is 432 g/mol. The number of nitrogens with one attached hydrogen (secondary N) is 1. The molecule has 0 radical (unpaired) electrons. The molecule has 0 spiro atoms. The van der Waals surface area contributed by atoms with Crippen molar-refractivity contribution in [2.75, 3.05) is 20.2 Å². The van der Waals surface area contributed by atoms with Crippen LogP contribution >= 0.6 is 11.3 Å². The van der Waals surface area contributed by atoms with Crippen LogP contribution in [-0.2, 0) is 6.54 Å². The number of benzene rings is 2. The van der Waals surface area contributed by atoms with Crippen LogP contribution in [0.25, 0.3) is 20.8 Å². The number of carbonyl (C=O) groups is 1. The number of thiazole rings is 1. The largest absolute Gasteiger partial charge is 0.481 e. The topological polar surface area (TPSA) is 67.3 Å². The lowest BCUT2D eigenvalue weighted by molar-refractivity contribution is 0.0909. The zero-order valence-electron chi connectivity index (χ0n) is 18.5.